The molecule has 0 aliphatic heterocycles. The average Bonchev–Trinajstić information content (AvgIpc) is 2.85. The highest BCUT2D eigenvalue weighted by Gasteiger charge is 2.38. The van der Waals surface area contributed by atoms with Gasteiger partial charge in [0.25, 0.3) is 0 Å². The first kappa shape index (κ1) is 13.8. The van der Waals surface area contributed by atoms with Crippen LogP contribution < -0.4 is 0 Å². The van der Waals surface area contributed by atoms with E-state index in [0.29, 0.717) is 11.6 Å². The molecular formula is C12H8F3N3O2. The number of carbonyl (C=O) groups is 1. The maximum atomic E-state index is 12.8. The molecule has 0 aliphatic carbocycles. The van der Waals surface area contributed by atoms with Gasteiger partial charge in [-0.05, 0) is 5.56 Å². The van der Waals surface area contributed by atoms with Crippen LogP contribution in [0.5, 0.6) is 0 Å². The molecule has 1 aromatic heterocycles. The molecule has 1 aromatic carbocycles. The average molecular weight is 283 g/mol. The SMILES string of the molecule is O=C(O)/C=C(/c1ccccc1)c1n[nH]nc1C(F)(F)F. The number of nitrogens with one attached hydrogen (secondary N) is 1. The molecule has 1 heterocycles. The Balaban J connectivity index is 2.61. The summed E-state index contributed by atoms with van der Waals surface area (Å²) in [6, 6.07) is 7.80. The number of carboxylic acids is 1. The molecule has 0 saturated heterocycles. The first-order valence-electron chi connectivity index (χ1n) is 5.38. The second kappa shape index (κ2) is 5.16. The largest absolute Gasteiger partial charge is 0.478 e. The Morgan fingerprint density at radius 2 is 1.85 bits per heavy atom. The summed E-state index contributed by atoms with van der Waals surface area (Å²) in [5.74, 6) is -1.38. The molecule has 8 heteroatoms. The Morgan fingerprint density at radius 3 is 2.40 bits per heavy atom. The van der Waals surface area contributed by atoms with Crippen LogP contribution in [-0.2, 0) is 11.0 Å². The van der Waals surface area contributed by atoms with Gasteiger partial charge in [0.1, 0.15) is 5.69 Å². The third-order valence-electron chi connectivity index (χ3n) is 2.42. The van der Waals surface area contributed by atoms with Gasteiger partial charge in [-0.25, -0.2) is 4.79 Å². The van der Waals surface area contributed by atoms with Crippen LogP contribution in [-0.4, -0.2) is 26.5 Å². The molecule has 20 heavy (non-hydrogen) atoms. The summed E-state index contributed by atoms with van der Waals surface area (Å²) >= 11 is 0. The molecule has 0 radical (unpaired) electrons. The monoisotopic (exact) mass is 283 g/mol. The van der Waals surface area contributed by atoms with E-state index in [2.05, 4.69) is 10.2 Å². The number of aromatic nitrogens is 3. The fourth-order valence-electron chi connectivity index (χ4n) is 1.65. The summed E-state index contributed by atoms with van der Waals surface area (Å²) in [7, 11) is 0. The molecule has 0 unspecified atom stereocenters. The predicted octanol–water partition coefficient (Wildman–Crippen LogP) is 2.34. The van der Waals surface area contributed by atoms with Gasteiger partial charge in [-0.1, -0.05) is 30.3 Å². The molecule has 0 spiro atoms. The van der Waals surface area contributed by atoms with E-state index < -0.39 is 23.5 Å². The summed E-state index contributed by atoms with van der Waals surface area (Å²) in [5, 5.41) is 17.2. The van der Waals surface area contributed by atoms with Gasteiger partial charge in [0.05, 0.1) is 0 Å². The lowest BCUT2D eigenvalue weighted by molar-refractivity contribution is -0.141. The van der Waals surface area contributed by atoms with E-state index in [-0.39, 0.29) is 5.57 Å². The number of nitrogens with zero attached hydrogens (tertiary/aromatic N) is 2. The van der Waals surface area contributed by atoms with Crippen molar-refractivity contribution in [3.05, 3.63) is 53.4 Å². The van der Waals surface area contributed by atoms with Gasteiger partial charge >= 0.3 is 12.1 Å². The Kier molecular flexibility index (Phi) is 3.55. The van der Waals surface area contributed by atoms with Gasteiger partial charge < -0.3 is 5.11 Å². The Bertz CT molecular complexity index is 647. The summed E-state index contributed by atoms with van der Waals surface area (Å²) in [5.41, 5.74) is -1.67. The van der Waals surface area contributed by atoms with E-state index in [4.69, 9.17) is 5.11 Å². The second-order valence-corrected chi connectivity index (χ2v) is 3.78. The number of aliphatic carboxylic acids is 1. The van der Waals surface area contributed by atoms with Crippen LogP contribution >= 0.6 is 0 Å². The van der Waals surface area contributed by atoms with E-state index in [1.807, 2.05) is 5.21 Å². The molecule has 2 rings (SSSR count). The fourth-order valence-corrected chi connectivity index (χ4v) is 1.65. The van der Waals surface area contributed by atoms with E-state index >= 15 is 0 Å². The van der Waals surface area contributed by atoms with Crippen molar-refractivity contribution in [2.24, 2.45) is 0 Å². The van der Waals surface area contributed by atoms with Crippen molar-refractivity contribution in [1.82, 2.24) is 15.4 Å². The predicted molar refractivity (Wildman–Crippen MR) is 62.5 cm³/mol. The van der Waals surface area contributed by atoms with Crippen LogP contribution in [0.2, 0.25) is 0 Å². The lowest BCUT2D eigenvalue weighted by Gasteiger charge is -2.08. The molecule has 2 aromatic rings. The number of rotatable bonds is 3. The molecule has 5 nitrogen and oxygen atoms in total. The summed E-state index contributed by atoms with van der Waals surface area (Å²) in [6.45, 7) is 0. The minimum Gasteiger partial charge on any atom is -0.478 e. The maximum Gasteiger partial charge on any atom is 0.437 e. The summed E-state index contributed by atoms with van der Waals surface area (Å²) in [6.07, 6.45) is -4.06. The topological polar surface area (TPSA) is 78.9 Å². The molecule has 0 atom stereocenters. The van der Waals surface area contributed by atoms with Crippen molar-refractivity contribution in [1.29, 1.82) is 0 Å². The number of carboxylic acid groups (broad SMARTS) is 1. The third kappa shape index (κ3) is 2.85. The first-order valence-corrected chi connectivity index (χ1v) is 5.38. The highest BCUT2D eigenvalue weighted by molar-refractivity contribution is 5.94. The molecule has 104 valence electrons. The quantitative estimate of drug-likeness (QED) is 0.847. The van der Waals surface area contributed by atoms with Crippen LogP contribution in [0.25, 0.3) is 5.57 Å². The summed E-state index contributed by atoms with van der Waals surface area (Å²) in [4.78, 5) is 10.8. The van der Waals surface area contributed by atoms with Crippen molar-refractivity contribution in [2.45, 2.75) is 6.18 Å². The van der Waals surface area contributed by atoms with Crippen LogP contribution in [0.1, 0.15) is 17.0 Å². The second-order valence-electron chi connectivity index (χ2n) is 3.78. The van der Waals surface area contributed by atoms with Crippen molar-refractivity contribution in [2.75, 3.05) is 0 Å². The first-order chi connectivity index (χ1) is 9.39. The molecule has 0 saturated carbocycles. The highest BCUT2D eigenvalue weighted by Crippen LogP contribution is 2.34. The smallest absolute Gasteiger partial charge is 0.437 e. The van der Waals surface area contributed by atoms with Gasteiger partial charge in [0, 0.05) is 11.6 Å². The van der Waals surface area contributed by atoms with Gasteiger partial charge in [0.15, 0.2) is 5.69 Å². The van der Waals surface area contributed by atoms with E-state index in [1.165, 1.54) is 12.1 Å². The zero-order valence-electron chi connectivity index (χ0n) is 9.85. The number of benzene rings is 1. The van der Waals surface area contributed by atoms with Crippen molar-refractivity contribution in [3.8, 4) is 0 Å². The van der Waals surface area contributed by atoms with Gasteiger partial charge in [-0.3, -0.25) is 0 Å². The third-order valence-corrected chi connectivity index (χ3v) is 2.42. The number of alkyl halides is 3. The zero-order chi connectivity index (χ0) is 14.8. The standard InChI is InChI=1S/C12H8F3N3O2/c13-12(14,15)11-10(16-18-17-11)8(6-9(19)20)7-4-2-1-3-5-7/h1-6H,(H,19,20)(H,16,17,18)/b8-6-. The molecule has 0 bridgehead atoms. The number of hydrogen-bond acceptors (Lipinski definition) is 3. The van der Waals surface area contributed by atoms with E-state index in [0.717, 1.165) is 0 Å². The molecule has 0 amide bonds. The zero-order valence-corrected chi connectivity index (χ0v) is 9.85. The minimum atomic E-state index is -4.73. The molecule has 0 aliphatic rings. The van der Waals surface area contributed by atoms with Gasteiger partial charge in [0.2, 0.25) is 0 Å². The van der Waals surface area contributed by atoms with Crippen LogP contribution in [0.15, 0.2) is 36.4 Å². The normalized spacial score (nSPS) is 12.4. The number of halogens is 3. The van der Waals surface area contributed by atoms with E-state index in [1.54, 1.807) is 18.2 Å². The Labute approximate surface area is 110 Å². The maximum absolute atomic E-state index is 12.8. The van der Waals surface area contributed by atoms with Crippen LogP contribution in [0.3, 0.4) is 0 Å². The van der Waals surface area contributed by atoms with Crippen molar-refractivity contribution < 1.29 is 23.1 Å². The highest BCUT2D eigenvalue weighted by atomic mass is 19.4. The Hall–Kier alpha value is -2.64. The van der Waals surface area contributed by atoms with Gasteiger partial charge in [-0.15, -0.1) is 0 Å². The molecule has 0 fully saturated rings. The van der Waals surface area contributed by atoms with Gasteiger partial charge in [-0.2, -0.15) is 28.6 Å². The lowest BCUT2D eigenvalue weighted by atomic mass is 10.0. The van der Waals surface area contributed by atoms with Crippen molar-refractivity contribution in [3.63, 3.8) is 0 Å². The van der Waals surface area contributed by atoms with Crippen LogP contribution in [0, 0.1) is 0 Å². The lowest BCUT2D eigenvalue weighted by Crippen LogP contribution is -2.10. The van der Waals surface area contributed by atoms with Crippen molar-refractivity contribution >= 4 is 11.5 Å². The molecule has 2 N–H and O–H groups in total. The Morgan fingerprint density at radius 1 is 1.20 bits per heavy atom. The minimum absolute atomic E-state index is 0.167. The number of H-pyrrole nitrogens is 1. The van der Waals surface area contributed by atoms with E-state index in [9.17, 15) is 18.0 Å². The molecular weight excluding hydrogens is 275 g/mol. The summed E-state index contributed by atoms with van der Waals surface area (Å²) < 4.78 is 38.4. The fraction of sp³-hybridized carbons (Fsp3) is 0.0833. The number of hydrogen-bond donors (Lipinski definition) is 2. The van der Waals surface area contributed by atoms with Crippen LogP contribution in [0.4, 0.5) is 13.2 Å². The number of aromatic amines is 1.